The van der Waals surface area contributed by atoms with Crippen LogP contribution in [0.3, 0.4) is 0 Å². The lowest BCUT2D eigenvalue weighted by atomic mass is 9.86. The van der Waals surface area contributed by atoms with Crippen molar-refractivity contribution in [3.63, 3.8) is 0 Å². The molecule has 1 aliphatic heterocycles. The zero-order valence-corrected chi connectivity index (χ0v) is 22.4. The molecule has 39 heavy (non-hydrogen) atoms. The number of hydrogen-bond acceptors (Lipinski definition) is 4. The van der Waals surface area contributed by atoms with E-state index in [1.54, 1.807) is 29.9 Å². The van der Waals surface area contributed by atoms with E-state index in [4.69, 9.17) is 5.26 Å². The summed E-state index contributed by atoms with van der Waals surface area (Å²) >= 11 is 0. The molecule has 2 fully saturated rings. The van der Waals surface area contributed by atoms with Crippen molar-refractivity contribution in [1.82, 2.24) is 14.5 Å². The van der Waals surface area contributed by atoms with Gasteiger partial charge in [0.25, 0.3) is 0 Å². The van der Waals surface area contributed by atoms with Gasteiger partial charge in [-0.25, -0.2) is 4.98 Å². The lowest BCUT2D eigenvalue weighted by molar-refractivity contribution is -0.136. The summed E-state index contributed by atoms with van der Waals surface area (Å²) in [5, 5.41) is 9.24. The molecule has 8 heteroatoms. The van der Waals surface area contributed by atoms with Crippen molar-refractivity contribution in [2.75, 3.05) is 13.1 Å². The molecule has 5 nitrogen and oxygen atoms in total. The highest BCUT2D eigenvalue weighted by atomic mass is 19.4. The van der Waals surface area contributed by atoms with Crippen LogP contribution in [-0.2, 0) is 19.6 Å². The number of pyridine rings is 1. The number of halogens is 3. The van der Waals surface area contributed by atoms with Crippen molar-refractivity contribution in [2.24, 2.45) is 18.9 Å². The van der Waals surface area contributed by atoms with Gasteiger partial charge in [0.2, 0.25) is 0 Å². The molecule has 1 saturated carbocycles. The minimum atomic E-state index is -4.66. The number of carbonyl (C=O) groups is 1. The first-order chi connectivity index (χ1) is 18.6. The first-order valence-electron chi connectivity index (χ1n) is 13.6. The molecule has 1 saturated heterocycles. The number of likely N-dealkylation sites (tertiary alicyclic amines) is 1. The van der Waals surface area contributed by atoms with Crippen LogP contribution in [0.2, 0.25) is 0 Å². The summed E-state index contributed by atoms with van der Waals surface area (Å²) in [4.78, 5) is 19.7. The second-order valence-electron chi connectivity index (χ2n) is 11.1. The first-order valence-corrected chi connectivity index (χ1v) is 13.6. The van der Waals surface area contributed by atoms with Crippen LogP contribution in [0.25, 0.3) is 11.0 Å². The zero-order chi connectivity index (χ0) is 27.9. The van der Waals surface area contributed by atoms with E-state index in [9.17, 15) is 18.0 Å². The number of aryl methyl sites for hydroxylation is 1. The van der Waals surface area contributed by atoms with Crippen LogP contribution in [0.1, 0.15) is 77.6 Å². The quantitative estimate of drug-likeness (QED) is 0.319. The number of alkyl halides is 3. The number of rotatable bonds is 6. The fourth-order valence-electron chi connectivity index (χ4n) is 6.57. The largest absolute Gasteiger partial charge is 0.417 e. The maximum Gasteiger partial charge on any atom is 0.417 e. The maximum absolute atomic E-state index is 14.7. The van der Waals surface area contributed by atoms with E-state index in [-0.39, 0.29) is 33.6 Å². The molecule has 1 aliphatic carbocycles. The van der Waals surface area contributed by atoms with Gasteiger partial charge in [0.15, 0.2) is 5.78 Å². The number of nitriles is 1. The monoisotopic (exact) mass is 534 g/mol. The Morgan fingerprint density at radius 2 is 1.95 bits per heavy atom. The van der Waals surface area contributed by atoms with Crippen LogP contribution < -0.4 is 0 Å². The fraction of sp³-hybridized carbons (Fsp3) is 0.452. The van der Waals surface area contributed by atoms with Crippen molar-refractivity contribution in [2.45, 2.75) is 57.5 Å². The number of aromatic nitrogens is 2. The van der Waals surface area contributed by atoms with Crippen molar-refractivity contribution in [3.8, 4) is 6.07 Å². The zero-order valence-electron chi connectivity index (χ0n) is 22.4. The average Bonchev–Trinajstić information content (AvgIpc) is 3.50. The lowest BCUT2D eigenvalue weighted by Crippen LogP contribution is -2.35. The Balaban J connectivity index is 1.46. The fourth-order valence-corrected chi connectivity index (χ4v) is 6.57. The van der Waals surface area contributed by atoms with Gasteiger partial charge in [-0.05, 0) is 54.4 Å². The first kappa shape index (κ1) is 27.0. The number of hydrogen-bond donors (Lipinski definition) is 0. The maximum atomic E-state index is 14.7. The third kappa shape index (κ3) is 5.19. The van der Waals surface area contributed by atoms with Gasteiger partial charge >= 0.3 is 6.18 Å². The van der Waals surface area contributed by atoms with Crippen LogP contribution in [0, 0.1) is 23.2 Å². The summed E-state index contributed by atoms with van der Waals surface area (Å²) in [5.74, 6) is 0.593. The van der Waals surface area contributed by atoms with E-state index >= 15 is 0 Å². The summed E-state index contributed by atoms with van der Waals surface area (Å²) in [6.45, 7) is 8.21. The van der Waals surface area contributed by atoms with Gasteiger partial charge in [-0.3, -0.25) is 4.79 Å². The highest BCUT2D eigenvalue weighted by molar-refractivity contribution is 5.99. The van der Waals surface area contributed by atoms with Crippen LogP contribution in [-0.4, -0.2) is 33.3 Å². The van der Waals surface area contributed by atoms with Gasteiger partial charge in [0.05, 0.1) is 17.2 Å². The minimum Gasteiger partial charge on any atom is -0.375 e. The Hall–Kier alpha value is -3.60. The summed E-state index contributed by atoms with van der Waals surface area (Å²) in [6.07, 6.45) is 2.93. The van der Waals surface area contributed by atoms with E-state index in [0.29, 0.717) is 17.4 Å². The summed E-state index contributed by atoms with van der Waals surface area (Å²) in [5.41, 5.74) is 1.66. The molecule has 204 valence electrons. The van der Waals surface area contributed by atoms with Gasteiger partial charge in [-0.15, -0.1) is 0 Å². The van der Waals surface area contributed by atoms with E-state index in [1.807, 2.05) is 6.07 Å². The van der Waals surface area contributed by atoms with Gasteiger partial charge in [0.1, 0.15) is 5.65 Å². The molecule has 3 aromatic rings. The van der Waals surface area contributed by atoms with Crippen LogP contribution in [0.5, 0.6) is 0 Å². The number of Topliss-reactive ketones (excluding diaryl/α,β-unsaturated/α-hetero) is 1. The molecule has 2 aliphatic rings. The molecule has 2 aromatic heterocycles. The Morgan fingerprint density at radius 3 is 2.59 bits per heavy atom. The van der Waals surface area contributed by atoms with Crippen LogP contribution in [0.15, 0.2) is 48.9 Å². The Labute approximate surface area is 226 Å². The highest BCUT2D eigenvalue weighted by Gasteiger charge is 2.39. The molecule has 5 rings (SSSR count). The summed E-state index contributed by atoms with van der Waals surface area (Å²) < 4.78 is 45.7. The van der Waals surface area contributed by atoms with Crippen molar-refractivity contribution in [1.29, 1.82) is 5.26 Å². The number of fused-ring (bicyclic) bond motifs is 1. The molecule has 0 radical (unpaired) electrons. The second kappa shape index (κ2) is 10.5. The second-order valence-corrected chi connectivity index (χ2v) is 11.1. The number of ketones is 1. The normalized spacial score (nSPS) is 20.4. The molecule has 0 bridgehead atoms. The molecule has 0 amide bonds. The van der Waals surface area contributed by atoms with Gasteiger partial charge in [-0.1, -0.05) is 38.5 Å². The molecule has 0 N–H and O–H groups in total. The summed E-state index contributed by atoms with van der Waals surface area (Å²) in [7, 11) is 1.72. The standard InChI is InChI=1S/C31H33F3N4O/c1-19-6-4-9-25(19)20(2)38-12-10-22(11-13-38)26-18-37(3)30-28(26)29(31(32,33)34)24(17-36-30)15-27(39)23-8-5-7-21(14-23)16-35/h5,7-8,14,17-19,22,25H,2,4,6,9-13,15H2,1,3H3/t19-,25+/m1/s1. The predicted molar refractivity (Wildman–Crippen MR) is 144 cm³/mol. The molecule has 0 unspecified atom stereocenters. The number of piperidine rings is 1. The van der Waals surface area contributed by atoms with Crippen molar-refractivity contribution in [3.05, 3.63) is 76.8 Å². The number of benzene rings is 1. The van der Waals surface area contributed by atoms with Gasteiger partial charge < -0.3 is 9.47 Å². The third-order valence-electron chi connectivity index (χ3n) is 8.67. The predicted octanol–water partition coefficient (Wildman–Crippen LogP) is 7.02. The molecule has 0 spiro atoms. The van der Waals surface area contributed by atoms with Crippen molar-refractivity contribution >= 4 is 16.8 Å². The van der Waals surface area contributed by atoms with E-state index in [2.05, 4.69) is 23.4 Å². The van der Waals surface area contributed by atoms with Gasteiger partial charge in [0, 0.05) is 61.5 Å². The molecular formula is C31H33F3N4O. The molecule has 1 aromatic carbocycles. The number of nitrogens with zero attached hydrogens (tertiary/aromatic N) is 4. The Bertz CT molecular complexity index is 1460. The topological polar surface area (TPSA) is 61.9 Å². The third-order valence-corrected chi connectivity index (χ3v) is 8.67. The molecule has 3 heterocycles. The smallest absolute Gasteiger partial charge is 0.375 e. The highest BCUT2D eigenvalue weighted by Crippen LogP contribution is 2.44. The van der Waals surface area contributed by atoms with Crippen LogP contribution in [0.4, 0.5) is 13.2 Å². The van der Waals surface area contributed by atoms with Crippen LogP contribution >= 0.6 is 0 Å². The van der Waals surface area contributed by atoms with E-state index in [1.165, 1.54) is 36.9 Å². The molecular weight excluding hydrogens is 501 g/mol. The van der Waals surface area contributed by atoms with E-state index in [0.717, 1.165) is 32.4 Å². The van der Waals surface area contributed by atoms with E-state index < -0.39 is 23.9 Å². The summed E-state index contributed by atoms with van der Waals surface area (Å²) in [6, 6.07) is 8.00. The SMILES string of the molecule is C=C([C@H]1CCC[C@H]1C)N1CCC(c2cn(C)c3ncc(CC(=O)c4cccc(C#N)c4)c(C(F)(F)F)c23)CC1. The lowest BCUT2D eigenvalue weighted by Gasteiger charge is -2.38. The number of carbonyl (C=O) groups excluding carboxylic acids is 1. The average molecular weight is 535 g/mol. The van der Waals surface area contributed by atoms with Crippen molar-refractivity contribution < 1.29 is 18.0 Å². The minimum absolute atomic E-state index is 0.0417. The Morgan fingerprint density at radius 1 is 1.21 bits per heavy atom. The van der Waals surface area contributed by atoms with Gasteiger partial charge in [-0.2, -0.15) is 18.4 Å². The molecule has 2 atom stereocenters. The Kier molecular flexibility index (Phi) is 7.28. The number of allylic oxidation sites excluding steroid dienone is 1.